The van der Waals surface area contributed by atoms with Gasteiger partial charge in [-0.3, -0.25) is 9.59 Å². The summed E-state index contributed by atoms with van der Waals surface area (Å²) in [6.45, 7) is 0. The van der Waals surface area contributed by atoms with E-state index >= 15 is 0 Å². The number of carbonyl (C=O) groups excluding carboxylic acids is 1. The Kier molecular flexibility index (Phi) is 6.01. The van der Waals surface area contributed by atoms with E-state index in [1.54, 1.807) is 29.2 Å². The summed E-state index contributed by atoms with van der Waals surface area (Å²) in [4.78, 5) is 28.8. The Balaban J connectivity index is 1.58. The summed E-state index contributed by atoms with van der Waals surface area (Å²) < 4.78 is 30.1. The Hall–Kier alpha value is -2.85. The van der Waals surface area contributed by atoms with E-state index in [0.717, 1.165) is 0 Å². The fourth-order valence-electron chi connectivity index (χ4n) is 3.54. The molecule has 8 nitrogen and oxygen atoms in total. The zero-order chi connectivity index (χ0) is 22.0. The fraction of sp³-hybridized carbons (Fsp3) is 0.286. The van der Waals surface area contributed by atoms with E-state index in [-0.39, 0.29) is 35.6 Å². The predicted molar refractivity (Wildman–Crippen MR) is 119 cm³/mol. The number of para-hydroxylation sites is 1. The van der Waals surface area contributed by atoms with Crippen LogP contribution in [0, 0.1) is 0 Å². The Morgan fingerprint density at radius 3 is 2.39 bits per heavy atom. The Bertz CT molecular complexity index is 1120. The number of hydrogen-bond donors (Lipinski definition) is 1. The highest BCUT2D eigenvalue weighted by atomic mass is 32.2. The van der Waals surface area contributed by atoms with Gasteiger partial charge in [0.1, 0.15) is 11.5 Å². The van der Waals surface area contributed by atoms with E-state index in [9.17, 15) is 18.0 Å². The summed E-state index contributed by atoms with van der Waals surface area (Å²) in [6, 6.07) is 16.1. The van der Waals surface area contributed by atoms with E-state index < -0.39 is 21.7 Å². The lowest BCUT2D eigenvalue weighted by atomic mass is 10.2. The number of fused-ring (bicyclic) bond motifs is 1. The third-order valence-electron chi connectivity index (χ3n) is 4.93. The molecule has 31 heavy (non-hydrogen) atoms. The van der Waals surface area contributed by atoms with Crippen molar-refractivity contribution >= 4 is 44.3 Å². The first kappa shape index (κ1) is 21.4. The molecule has 0 saturated carbocycles. The van der Waals surface area contributed by atoms with Gasteiger partial charge in [-0.2, -0.15) is 4.99 Å². The highest BCUT2D eigenvalue weighted by Crippen LogP contribution is 2.41. The summed E-state index contributed by atoms with van der Waals surface area (Å²) >= 11 is 1.25. The molecule has 10 heteroatoms. The van der Waals surface area contributed by atoms with Crippen LogP contribution in [-0.2, 0) is 19.4 Å². The SMILES string of the molecule is O=C(O)CCC(=O)N=C1S[C@H]2CS(=O)(=O)C[C@H]2N1c1ccc(Oc2ccccc2)cc1. The molecule has 0 aromatic heterocycles. The number of benzene rings is 2. The van der Waals surface area contributed by atoms with E-state index in [4.69, 9.17) is 9.84 Å². The molecular weight excluding hydrogens is 440 g/mol. The van der Waals surface area contributed by atoms with Crippen molar-refractivity contribution < 1.29 is 27.9 Å². The van der Waals surface area contributed by atoms with Crippen LogP contribution in [-0.4, -0.2) is 53.4 Å². The molecule has 162 valence electrons. The number of ether oxygens (including phenoxy) is 1. The standard InChI is InChI=1S/C21H20N2O6S2/c24-19(10-11-20(25)26)22-21-23(17-12-31(27,28)13-18(17)30-21)14-6-8-16(9-7-14)29-15-4-2-1-3-5-15/h1-9,17-18H,10-13H2,(H,25,26)/t17-,18+/m1/s1. The van der Waals surface area contributed by atoms with Gasteiger partial charge in [0.15, 0.2) is 15.0 Å². The zero-order valence-electron chi connectivity index (χ0n) is 16.4. The predicted octanol–water partition coefficient (Wildman–Crippen LogP) is 2.95. The lowest BCUT2D eigenvalue weighted by Gasteiger charge is -2.24. The van der Waals surface area contributed by atoms with E-state index in [0.29, 0.717) is 22.4 Å². The number of rotatable bonds is 6. The van der Waals surface area contributed by atoms with E-state index in [1.807, 2.05) is 30.3 Å². The number of aliphatic imine (C=N–C) groups is 1. The Morgan fingerprint density at radius 2 is 1.71 bits per heavy atom. The minimum absolute atomic E-state index is 0.0186. The summed E-state index contributed by atoms with van der Waals surface area (Å²) in [5.41, 5.74) is 0.697. The topological polar surface area (TPSA) is 113 Å². The maximum Gasteiger partial charge on any atom is 0.303 e. The summed E-state index contributed by atoms with van der Waals surface area (Å²) in [6.07, 6.45) is -0.502. The minimum Gasteiger partial charge on any atom is -0.481 e. The first-order valence-electron chi connectivity index (χ1n) is 9.63. The van der Waals surface area contributed by atoms with Crippen molar-refractivity contribution in [3.8, 4) is 11.5 Å². The molecule has 2 aliphatic rings. The Labute approximate surface area is 183 Å². The van der Waals surface area contributed by atoms with Crippen LogP contribution >= 0.6 is 11.8 Å². The molecule has 4 rings (SSSR count). The van der Waals surface area contributed by atoms with Crippen molar-refractivity contribution in [3.05, 3.63) is 54.6 Å². The van der Waals surface area contributed by atoms with Crippen LogP contribution in [0.15, 0.2) is 59.6 Å². The van der Waals surface area contributed by atoms with Gasteiger partial charge in [0.2, 0.25) is 5.91 Å². The second-order valence-corrected chi connectivity index (χ2v) is 10.6. The number of nitrogens with zero attached hydrogens (tertiary/aromatic N) is 2. The van der Waals surface area contributed by atoms with E-state index in [2.05, 4.69) is 4.99 Å². The van der Waals surface area contributed by atoms with Crippen LogP contribution in [0.25, 0.3) is 0 Å². The van der Waals surface area contributed by atoms with Crippen molar-refractivity contribution in [1.29, 1.82) is 0 Å². The quantitative estimate of drug-likeness (QED) is 0.700. The number of anilines is 1. The summed E-state index contributed by atoms with van der Waals surface area (Å²) in [5.74, 6) is -0.289. The van der Waals surface area contributed by atoms with Gasteiger partial charge < -0.3 is 14.7 Å². The van der Waals surface area contributed by atoms with Crippen LogP contribution in [0.4, 0.5) is 5.69 Å². The molecule has 0 radical (unpaired) electrons. The first-order valence-corrected chi connectivity index (χ1v) is 12.3. The second-order valence-electron chi connectivity index (χ2n) is 7.26. The van der Waals surface area contributed by atoms with Gasteiger partial charge in [-0.15, -0.1) is 0 Å². The van der Waals surface area contributed by atoms with Crippen molar-refractivity contribution in [2.45, 2.75) is 24.1 Å². The molecule has 2 aliphatic heterocycles. The molecule has 2 fully saturated rings. The number of sulfone groups is 1. The molecular formula is C21H20N2O6S2. The number of hydrogen-bond acceptors (Lipinski definition) is 6. The molecule has 2 atom stereocenters. The zero-order valence-corrected chi connectivity index (χ0v) is 18.0. The van der Waals surface area contributed by atoms with Gasteiger partial charge in [-0.05, 0) is 36.4 Å². The largest absolute Gasteiger partial charge is 0.481 e. The van der Waals surface area contributed by atoms with Crippen LogP contribution in [0.1, 0.15) is 12.8 Å². The third-order valence-corrected chi connectivity index (χ3v) is 8.14. The van der Waals surface area contributed by atoms with Gasteiger partial charge in [0.05, 0.1) is 24.0 Å². The van der Waals surface area contributed by atoms with Crippen molar-refractivity contribution in [1.82, 2.24) is 0 Å². The molecule has 2 aromatic carbocycles. The molecule has 2 heterocycles. The van der Waals surface area contributed by atoms with Gasteiger partial charge in [0.25, 0.3) is 0 Å². The summed E-state index contributed by atoms with van der Waals surface area (Å²) in [7, 11) is -3.17. The fourth-order valence-corrected chi connectivity index (χ4v) is 7.47. The molecule has 0 aliphatic carbocycles. The van der Waals surface area contributed by atoms with Crippen LogP contribution in [0.2, 0.25) is 0 Å². The highest BCUT2D eigenvalue weighted by molar-refractivity contribution is 8.16. The average molecular weight is 461 g/mol. The van der Waals surface area contributed by atoms with Crippen molar-refractivity contribution in [3.63, 3.8) is 0 Å². The number of carbonyl (C=O) groups is 2. The number of aliphatic carboxylic acids is 1. The van der Waals surface area contributed by atoms with E-state index in [1.165, 1.54) is 11.8 Å². The molecule has 0 unspecified atom stereocenters. The first-order chi connectivity index (χ1) is 14.8. The van der Waals surface area contributed by atoms with Gasteiger partial charge in [0, 0.05) is 17.4 Å². The summed E-state index contributed by atoms with van der Waals surface area (Å²) in [5, 5.41) is 8.95. The number of carboxylic acid groups (broad SMARTS) is 1. The third kappa shape index (κ3) is 5.08. The van der Waals surface area contributed by atoms with Crippen LogP contribution in [0.3, 0.4) is 0 Å². The normalized spacial score (nSPS) is 23.0. The number of amidine groups is 1. The van der Waals surface area contributed by atoms with Crippen molar-refractivity contribution in [2.75, 3.05) is 16.4 Å². The Morgan fingerprint density at radius 1 is 1.03 bits per heavy atom. The van der Waals surface area contributed by atoms with Crippen LogP contribution < -0.4 is 9.64 Å². The molecule has 2 saturated heterocycles. The second kappa shape index (κ2) is 8.72. The van der Waals surface area contributed by atoms with Crippen molar-refractivity contribution in [2.24, 2.45) is 4.99 Å². The monoisotopic (exact) mass is 460 g/mol. The smallest absolute Gasteiger partial charge is 0.303 e. The molecule has 1 N–H and O–H groups in total. The van der Waals surface area contributed by atoms with Crippen LogP contribution in [0.5, 0.6) is 11.5 Å². The lowest BCUT2D eigenvalue weighted by molar-refractivity contribution is -0.138. The molecule has 2 aromatic rings. The lowest BCUT2D eigenvalue weighted by Crippen LogP contribution is -2.37. The number of thioether (sulfide) groups is 1. The molecule has 0 spiro atoms. The van der Waals surface area contributed by atoms with Gasteiger partial charge in [-0.25, -0.2) is 8.42 Å². The maximum atomic E-state index is 12.2. The van der Waals surface area contributed by atoms with Gasteiger partial charge >= 0.3 is 5.97 Å². The number of amides is 1. The number of carboxylic acids is 1. The minimum atomic E-state index is -3.17. The van der Waals surface area contributed by atoms with Gasteiger partial charge in [-0.1, -0.05) is 30.0 Å². The average Bonchev–Trinajstić information content (AvgIpc) is 3.18. The molecule has 1 amide bonds. The molecule has 0 bridgehead atoms. The highest BCUT2D eigenvalue weighted by Gasteiger charge is 2.49. The maximum absolute atomic E-state index is 12.2.